The summed E-state index contributed by atoms with van der Waals surface area (Å²) in [6, 6.07) is 2.79. The van der Waals surface area contributed by atoms with Crippen LogP contribution in [0, 0.1) is 5.92 Å². The molecule has 18 heavy (non-hydrogen) atoms. The van der Waals surface area contributed by atoms with E-state index in [4.69, 9.17) is 0 Å². The molecule has 1 aliphatic heterocycles. The molecule has 3 atom stereocenters. The highest BCUT2D eigenvalue weighted by atomic mass is 32.1. The van der Waals surface area contributed by atoms with Gasteiger partial charge in [-0.3, -0.25) is 4.79 Å². The van der Waals surface area contributed by atoms with Crippen molar-refractivity contribution in [2.45, 2.75) is 57.0 Å². The van der Waals surface area contributed by atoms with E-state index in [1.165, 1.54) is 37.7 Å². The van der Waals surface area contributed by atoms with Crippen LogP contribution >= 0.6 is 11.3 Å². The third-order valence-electron chi connectivity index (χ3n) is 4.50. The number of piperidine rings is 1. The van der Waals surface area contributed by atoms with Gasteiger partial charge in [0.1, 0.15) is 0 Å². The Labute approximate surface area is 113 Å². The van der Waals surface area contributed by atoms with Gasteiger partial charge >= 0.3 is 0 Å². The lowest BCUT2D eigenvalue weighted by Crippen LogP contribution is -2.52. The van der Waals surface area contributed by atoms with Crippen LogP contribution in [0.4, 0.5) is 0 Å². The van der Waals surface area contributed by atoms with E-state index in [1.807, 2.05) is 5.38 Å². The number of ketones is 1. The number of Topliss-reactive ketones (excluding diaryl/α,β-unsaturated/α-hetero) is 1. The van der Waals surface area contributed by atoms with Gasteiger partial charge in [0.05, 0.1) is 6.04 Å². The standard InChI is InChI=1S/C15H21NOS/c17-15(9-11-7-8-18-10-11)14-6-5-12-3-1-2-4-13(12)16-14/h7-8,10,12-14,16H,1-6,9H2. The zero-order valence-electron chi connectivity index (χ0n) is 10.7. The van der Waals surface area contributed by atoms with Gasteiger partial charge in [0, 0.05) is 12.5 Å². The summed E-state index contributed by atoms with van der Waals surface area (Å²) in [5.74, 6) is 1.22. The first-order valence-corrected chi connectivity index (χ1v) is 8.07. The molecule has 3 rings (SSSR count). The Morgan fingerprint density at radius 3 is 3.00 bits per heavy atom. The Kier molecular flexibility index (Phi) is 3.80. The molecule has 3 unspecified atom stereocenters. The lowest BCUT2D eigenvalue weighted by atomic mass is 9.77. The smallest absolute Gasteiger partial charge is 0.154 e. The van der Waals surface area contributed by atoms with Crippen LogP contribution < -0.4 is 5.32 Å². The van der Waals surface area contributed by atoms with Crippen molar-refractivity contribution < 1.29 is 4.79 Å². The van der Waals surface area contributed by atoms with Gasteiger partial charge in [0.25, 0.3) is 0 Å². The normalized spacial score (nSPS) is 31.9. The quantitative estimate of drug-likeness (QED) is 0.907. The van der Waals surface area contributed by atoms with Crippen LogP contribution in [0.2, 0.25) is 0 Å². The van der Waals surface area contributed by atoms with Crippen molar-refractivity contribution in [1.82, 2.24) is 5.32 Å². The minimum Gasteiger partial charge on any atom is -0.304 e. The van der Waals surface area contributed by atoms with Crippen molar-refractivity contribution in [3.8, 4) is 0 Å². The third-order valence-corrected chi connectivity index (χ3v) is 5.23. The minimum absolute atomic E-state index is 0.115. The van der Waals surface area contributed by atoms with E-state index in [2.05, 4.69) is 16.8 Å². The molecule has 0 aromatic carbocycles. The number of carbonyl (C=O) groups excluding carboxylic acids is 1. The van der Waals surface area contributed by atoms with Gasteiger partial charge in [0.15, 0.2) is 5.78 Å². The molecule has 0 bridgehead atoms. The fourth-order valence-corrected chi connectivity index (χ4v) is 4.14. The van der Waals surface area contributed by atoms with E-state index in [0.29, 0.717) is 18.2 Å². The summed E-state index contributed by atoms with van der Waals surface area (Å²) in [4.78, 5) is 12.3. The maximum Gasteiger partial charge on any atom is 0.154 e. The molecule has 1 aromatic heterocycles. The van der Waals surface area contributed by atoms with Gasteiger partial charge in [-0.15, -0.1) is 0 Å². The molecule has 1 aliphatic carbocycles. The van der Waals surface area contributed by atoms with E-state index in [-0.39, 0.29) is 6.04 Å². The zero-order valence-corrected chi connectivity index (χ0v) is 11.5. The monoisotopic (exact) mass is 263 g/mol. The van der Waals surface area contributed by atoms with Crippen molar-refractivity contribution in [2.75, 3.05) is 0 Å². The van der Waals surface area contributed by atoms with Crippen LogP contribution in [0.15, 0.2) is 16.8 Å². The van der Waals surface area contributed by atoms with Gasteiger partial charge in [0.2, 0.25) is 0 Å². The van der Waals surface area contributed by atoms with Crippen LogP contribution in [0.3, 0.4) is 0 Å². The van der Waals surface area contributed by atoms with Crippen LogP contribution in [0.5, 0.6) is 0 Å². The number of thiophene rings is 1. The SMILES string of the molecule is O=C(Cc1ccsc1)C1CCC2CCCCC2N1. The van der Waals surface area contributed by atoms with E-state index >= 15 is 0 Å². The lowest BCUT2D eigenvalue weighted by Gasteiger charge is -2.40. The molecule has 2 nitrogen and oxygen atoms in total. The van der Waals surface area contributed by atoms with Crippen LogP contribution in [0.1, 0.15) is 44.1 Å². The predicted molar refractivity (Wildman–Crippen MR) is 74.9 cm³/mol. The Balaban J connectivity index is 1.58. The second-order valence-corrected chi connectivity index (χ2v) is 6.50. The molecule has 0 amide bonds. The highest BCUT2D eigenvalue weighted by molar-refractivity contribution is 7.08. The summed E-state index contributed by atoms with van der Waals surface area (Å²) in [6.07, 6.45) is 8.26. The van der Waals surface area contributed by atoms with Crippen molar-refractivity contribution in [3.05, 3.63) is 22.4 Å². The number of carbonyl (C=O) groups is 1. The molecule has 1 N–H and O–H groups in total. The van der Waals surface area contributed by atoms with Crippen molar-refractivity contribution in [3.63, 3.8) is 0 Å². The molecular weight excluding hydrogens is 242 g/mol. The van der Waals surface area contributed by atoms with Crippen molar-refractivity contribution in [1.29, 1.82) is 0 Å². The second-order valence-electron chi connectivity index (χ2n) is 5.72. The first kappa shape index (κ1) is 12.4. The molecule has 1 aromatic rings. The molecule has 3 heteroatoms. The van der Waals surface area contributed by atoms with Crippen molar-refractivity contribution >= 4 is 17.1 Å². The molecule has 98 valence electrons. The fourth-order valence-electron chi connectivity index (χ4n) is 3.47. The first-order valence-electron chi connectivity index (χ1n) is 7.13. The molecule has 2 aliphatic rings. The maximum absolute atomic E-state index is 12.3. The van der Waals surface area contributed by atoms with E-state index in [0.717, 1.165) is 12.3 Å². The lowest BCUT2D eigenvalue weighted by molar-refractivity contribution is -0.121. The van der Waals surface area contributed by atoms with Gasteiger partial charge in [-0.05, 0) is 54.0 Å². The Hall–Kier alpha value is -0.670. The summed E-state index contributed by atoms with van der Waals surface area (Å²) in [5.41, 5.74) is 1.18. The average Bonchev–Trinajstić information content (AvgIpc) is 2.91. The van der Waals surface area contributed by atoms with Crippen LogP contribution in [-0.4, -0.2) is 17.9 Å². The molecule has 1 saturated carbocycles. The summed E-state index contributed by atoms with van der Waals surface area (Å²) < 4.78 is 0. The fraction of sp³-hybridized carbons (Fsp3) is 0.667. The van der Waals surface area contributed by atoms with Crippen LogP contribution in [-0.2, 0) is 11.2 Å². The third kappa shape index (κ3) is 2.67. The van der Waals surface area contributed by atoms with Gasteiger partial charge in [-0.2, -0.15) is 11.3 Å². The summed E-state index contributed by atoms with van der Waals surface area (Å²) in [7, 11) is 0. The molecule has 0 spiro atoms. The topological polar surface area (TPSA) is 29.1 Å². The molecule has 0 radical (unpaired) electrons. The van der Waals surface area contributed by atoms with Gasteiger partial charge in [-0.25, -0.2) is 0 Å². The van der Waals surface area contributed by atoms with E-state index in [1.54, 1.807) is 11.3 Å². The maximum atomic E-state index is 12.3. The summed E-state index contributed by atoms with van der Waals surface area (Å²) in [6.45, 7) is 0. The van der Waals surface area contributed by atoms with Gasteiger partial charge in [-0.1, -0.05) is 12.8 Å². The van der Waals surface area contributed by atoms with Crippen LogP contribution in [0.25, 0.3) is 0 Å². The largest absolute Gasteiger partial charge is 0.304 e. The predicted octanol–water partition coefficient (Wildman–Crippen LogP) is 3.17. The van der Waals surface area contributed by atoms with E-state index < -0.39 is 0 Å². The number of fused-ring (bicyclic) bond motifs is 1. The number of hydrogen-bond acceptors (Lipinski definition) is 3. The number of rotatable bonds is 3. The highest BCUT2D eigenvalue weighted by Gasteiger charge is 2.34. The zero-order chi connectivity index (χ0) is 12.4. The molecule has 2 heterocycles. The molecule has 1 saturated heterocycles. The van der Waals surface area contributed by atoms with Crippen molar-refractivity contribution in [2.24, 2.45) is 5.92 Å². The number of hydrogen-bond donors (Lipinski definition) is 1. The summed E-state index contributed by atoms with van der Waals surface area (Å²) >= 11 is 1.67. The molecular formula is C15H21NOS. The van der Waals surface area contributed by atoms with E-state index in [9.17, 15) is 4.79 Å². The molecule has 2 fully saturated rings. The Bertz CT molecular complexity index is 401. The Morgan fingerprint density at radius 1 is 1.28 bits per heavy atom. The number of nitrogens with one attached hydrogen (secondary N) is 1. The minimum atomic E-state index is 0.115. The average molecular weight is 263 g/mol. The highest BCUT2D eigenvalue weighted by Crippen LogP contribution is 2.32. The Morgan fingerprint density at radius 2 is 2.17 bits per heavy atom. The second kappa shape index (κ2) is 5.54. The summed E-state index contributed by atoms with van der Waals surface area (Å²) in [5, 5.41) is 7.76. The van der Waals surface area contributed by atoms with Gasteiger partial charge < -0.3 is 5.32 Å². The first-order chi connectivity index (χ1) is 8.83.